The van der Waals surface area contributed by atoms with Crippen molar-refractivity contribution in [3.05, 3.63) is 29.1 Å². The number of hydrogen-bond acceptors (Lipinski definition) is 3. The second kappa shape index (κ2) is 4.52. The highest BCUT2D eigenvalue weighted by molar-refractivity contribution is 5.87. The van der Waals surface area contributed by atoms with Crippen molar-refractivity contribution in [2.24, 2.45) is 0 Å². The number of halogens is 5. The molecule has 0 saturated heterocycles. The molecule has 0 spiro atoms. The van der Waals surface area contributed by atoms with Crippen LogP contribution in [-0.2, 0) is 0 Å². The summed E-state index contributed by atoms with van der Waals surface area (Å²) in [6.45, 7) is 0. The van der Waals surface area contributed by atoms with Crippen molar-refractivity contribution < 1.29 is 31.4 Å². The van der Waals surface area contributed by atoms with E-state index >= 15 is 0 Å². The van der Waals surface area contributed by atoms with Crippen LogP contribution >= 0.6 is 0 Å². The minimum atomic E-state index is -2.07. The van der Waals surface area contributed by atoms with Crippen LogP contribution in [0.2, 0.25) is 0 Å². The Labute approximate surface area is 103 Å². The van der Waals surface area contributed by atoms with Crippen molar-refractivity contribution in [2.75, 3.05) is 14.2 Å². The predicted molar refractivity (Wildman–Crippen MR) is 54.6 cm³/mol. The molecule has 1 aromatic heterocycles. The van der Waals surface area contributed by atoms with E-state index < -0.39 is 51.6 Å². The van der Waals surface area contributed by atoms with Gasteiger partial charge in [-0.25, -0.2) is 22.5 Å². The maximum atomic E-state index is 13.7. The molecule has 0 fully saturated rings. The Morgan fingerprint density at radius 2 is 1.32 bits per heavy atom. The van der Waals surface area contributed by atoms with E-state index in [9.17, 15) is 22.0 Å². The fourth-order valence-electron chi connectivity index (χ4n) is 1.62. The third-order valence-corrected chi connectivity index (χ3v) is 2.47. The van der Waals surface area contributed by atoms with Crippen LogP contribution in [0, 0.1) is 29.1 Å². The first-order valence-corrected chi connectivity index (χ1v) is 4.87. The average molecular weight is 279 g/mol. The summed E-state index contributed by atoms with van der Waals surface area (Å²) in [6.07, 6.45) is 0. The highest BCUT2D eigenvalue weighted by Gasteiger charge is 2.28. The van der Waals surface area contributed by atoms with Gasteiger partial charge < -0.3 is 9.47 Å². The van der Waals surface area contributed by atoms with E-state index in [0.29, 0.717) is 0 Å². The van der Waals surface area contributed by atoms with Gasteiger partial charge in [-0.2, -0.15) is 4.39 Å². The number of rotatable bonds is 2. The quantitative estimate of drug-likeness (QED) is 0.481. The van der Waals surface area contributed by atoms with Crippen LogP contribution in [0.1, 0.15) is 0 Å². The lowest BCUT2D eigenvalue weighted by Gasteiger charge is -2.11. The molecule has 3 nitrogen and oxygen atoms in total. The van der Waals surface area contributed by atoms with Gasteiger partial charge in [-0.05, 0) is 0 Å². The normalized spacial score (nSPS) is 10.9. The van der Waals surface area contributed by atoms with E-state index in [0.717, 1.165) is 14.2 Å². The number of benzene rings is 1. The van der Waals surface area contributed by atoms with E-state index in [1.54, 1.807) is 0 Å². The fraction of sp³-hybridized carbons (Fsp3) is 0.182. The Morgan fingerprint density at radius 3 is 1.84 bits per heavy atom. The Balaban J connectivity index is 3.08. The smallest absolute Gasteiger partial charge is 0.254 e. The second-order valence-electron chi connectivity index (χ2n) is 3.45. The van der Waals surface area contributed by atoms with Crippen LogP contribution in [0.3, 0.4) is 0 Å². The molecule has 0 aliphatic carbocycles. The summed E-state index contributed by atoms with van der Waals surface area (Å²) < 4.78 is 76.1. The standard InChI is InChI=1S/C11H6F5NO2/c1-18-10-3-4(12)5(13)6(14)7(15)9(3)17-11(19-2)8(10)16/h1-2H3. The van der Waals surface area contributed by atoms with Crippen molar-refractivity contribution in [3.8, 4) is 11.6 Å². The van der Waals surface area contributed by atoms with E-state index in [2.05, 4.69) is 14.5 Å². The van der Waals surface area contributed by atoms with Gasteiger partial charge in [0, 0.05) is 0 Å². The number of methoxy groups -OCH3 is 2. The van der Waals surface area contributed by atoms with Crippen molar-refractivity contribution in [3.63, 3.8) is 0 Å². The largest absolute Gasteiger partial charge is 0.493 e. The third kappa shape index (κ3) is 1.74. The Morgan fingerprint density at radius 1 is 0.737 bits per heavy atom. The molecule has 0 N–H and O–H groups in total. The van der Waals surface area contributed by atoms with Crippen molar-refractivity contribution in [1.82, 2.24) is 4.98 Å². The Hall–Kier alpha value is -2.12. The lowest BCUT2D eigenvalue weighted by molar-refractivity contribution is 0.340. The van der Waals surface area contributed by atoms with Crippen LogP contribution in [0.4, 0.5) is 22.0 Å². The first-order valence-electron chi connectivity index (χ1n) is 4.87. The van der Waals surface area contributed by atoms with Gasteiger partial charge in [0.15, 0.2) is 29.0 Å². The number of hydrogen-bond donors (Lipinski definition) is 0. The number of ether oxygens (including phenoxy) is 2. The fourth-order valence-corrected chi connectivity index (χ4v) is 1.62. The highest BCUT2D eigenvalue weighted by atomic mass is 19.2. The molecule has 0 amide bonds. The molecule has 19 heavy (non-hydrogen) atoms. The van der Waals surface area contributed by atoms with Crippen molar-refractivity contribution in [1.29, 1.82) is 0 Å². The molecule has 2 rings (SSSR count). The summed E-state index contributed by atoms with van der Waals surface area (Å²) in [5.74, 6) is -10.5. The summed E-state index contributed by atoms with van der Waals surface area (Å²) in [5, 5.41) is -0.933. The molecule has 0 bridgehead atoms. The van der Waals surface area contributed by atoms with E-state index in [-0.39, 0.29) is 0 Å². The molecule has 0 atom stereocenters. The lowest BCUT2D eigenvalue weighted by Crippen LogP contribution is -2.05. The van der Waals surface area contributed by atoms with Gasteiger partial charge in [-0.1, -0.05) is 0 Å². The third-order valence-electron chi connectivity index (χ3n) is 2.47. The first kappa shape index (κ1) is 13.3. The van der Waals surface area contributed by atoms with Gasteiger partial charge in [0.25, 0.3) is 5.88 Å². The maximum Gasteiger partial charge on any atom is 0.254 e. The minimum Gasteiger partial charge on any atom is -0.493 e. The molecule has 0 aliphatic heterocycles. The van der Waals surface area contributed by atoms with E-state index in [4.69, 9.17) is 0 Å². The number of aromatic nitrogens is 1. The molecule has 0 aliphatic rings. The summed E-state index contributed by atoms with van der Waals surface area (Å²) in [6, 6.07) is 0. The molecule has 2 aromatic rings. The second-order valence-corrected chi connectivity index (χ2v) is 3.45. The van der Waals surface area contributed by atoms with Gasteiger partial charge in [-0.3, -0.25) is 0 Å². The predicted octanol–water partition coefficient (Wildman–Crippen LogP) is 2.95. The highest BCUT2D eigenvalue weighted by Crippen LogP contribution is 2.37. The zero-order chi connectivity index (χ0) is 14.3. The van der Waals surface area contributed by atoms with E-state index in [1.165, 1.54) is 0 Å². The van der Waals surface area contributed by atoms with Crippen LogP contribution in [0.5, 0.6) is 11.6 Å². The Bertz CT molecular complexity index is 674. The summed E-state index contributed by atoms with van der Waals surface area (Å²) >= 11 is 0. The Kier molecular flexibility index (Phi) is 3.17. The van der Waals surface area contributed by atoms with Gasteiger partial charge >= 0.3 is 0 Å². The number of fused-ring (bicyclic) bond motifs is 1. The van der Waals surface area contributed by atoms with Gasteiger partial charge in [0.2, 0.25) is 5.82 Å². The molecular weight excluding hydrogens is 273 g/mol. The van der Waals surface area contributed by atoms with Crippen LogP contribution in [0.25, 0.3) is 10.9 Å². The zero-order valence-corrected chi connectivity index (χ0v) is 9.65. The monoisotopic (exact) mass is 279 g/mol. The van der Waals surface area contributed by atoms with Gasteiger partial charge in [0.1, 0.15) is 5.52 Å². The molecule has 0 radical (unpaired) electrons. The molecule has 102 valence electrons. The topological polar surface area (TPSA) is 31.4 Å². The minimum absolute atomic E-state index is 0.728. The zero-order valence-electron chi connectivity index (χ0n) is 9.65. The van der Waals surface area contributed by atoms with Gasteiger partial charge in [0.05, 0.1) is 19.6 Å². The van der Waals surface area contributed by atoms with Crippen molar-refractivity contribution >= 4 is 10.9 Å². The molecular formula is C11H6F5NO2. The summed E-state index contributed by atoms with van der Waals surface area (Å²) in [7, 11) is 1.97. The van der Waals surface area contributed by atoms with Crippen molar-refractivity contribution in [2.45, 2.75) is 0 Å². The van der Waals surface area contributed by atoms with Crippen LogP contribution in [0.15, 0.2) is 0 Å². The molecule has 1 heterocycles. The SMILES string of the molecule is COc1nc2c(F)c(F)c(F)c(F)c2c(OC)c1F. The van der Waals surface area contributed by atoms with Gasteiger partial charge in [-0.15, -0.1) is 0 Å². The lowest BCUT2D eigenvalue weighted by atomic mass is 10.1. The number of pyridine rings is 1. The van der Waals surface area contributed by atoms with Crippen LogP contribution in [-0.4, -0.2) is 19.2 Å². The number of nitrogens with zero attached hydrogens (tertiary/aromatic N) is 1. The molecule has 1 aromatic carbocycles. The van der Waals surface area contributed by atoms with Crippen LogP contribution < -0.4 is 9.47 Å². The summed E-state index contributed by atoms with van der Waals surface area (Å²) in [5.41, 5.74) is -0.925. The first-order chi connectivity index (χ1) is 8.93. The molecule has 0 saturated carbocycles. The summed E-state index contributed by atoms with van der Waals surface area (Å²) in [4.78, 5) is 3.27. The maximum absolute atomic E-state index is 13.7. The van der Waals surface area contributed by atoms with E-state index in [1.807, 2.05) is 0 Å². The molecule has 0 unspecified atom stereocenters. The average Bonchev–Trinajstić information content (AvgIpc) is 2.42. The molecule has 8 heteroatoms.